The second kappa shape index (κ2) is 8.39. The van der Waals surface area contributed by atoms with Crippen LogP contribution in [0.2, 0.25) is 0 Å². The quantitative estimate of drug-likeness (QED) is 0.771. The van der Waals surface area contributed by atoms with Gasteiger partial charge in [0.2, 0.25) is 5.91 Å². The molecular weight excluding hydrogens is 338 g/mol. The molecule has 1 aliphatic carbocycles. The minimum atomic E-state index is -3.22. The fourth-order valence-corrected chi connectivity index (χ4v) is 5.86. The Labute approximate surface area is 150 Å². The van der Waals surface area contributed by atoms with Gasteiger partial charge in [-0.05, 0) is 37.3 Å². The van der Waals surface area contributed by atoms with E-state index < -0.39 is 9.84 Å². The van der Waals surface area contributed by atoms with Crippen LogP contribution < -0.4 is 0 Å². The van der Waals surface area contributed by atoms with Gasteiger partial charge in [-0.2, -0.15) is 0 Å². The zero-order valence-corrected chi connectivity index (χ0v) is 15.7. The van der Waals surface area contributed by atoms with E-state index in [0.29, 0.717) is 44.0 Å². The lowest BCUT2D eigenvalue weighted by atomic mass is 9.86. The summed E-state index contributed by atoms with van der Waals surface area (Å²) in [4.78, 5) is 14.3. The summed E-state index contributed by atoms with van der Waals surface area (Å²) in [6, 6.07) is 3.40. The van der Waals surface area contributed by atoms with Gasteiger partial charge in [0.1, 0.15) is 11.5 Å². The Kier molecular flexibility index (Phi) is 6.20. The lowest BCUT2D eigenvalue weighted by Crippen LogP contribution is -2.42. The van der Waals surface area contributed by atoms with Crippen molar-refractivity contribution in [1.82, 2.24) is 4.90 Å². The first-order chi connectivity index (χ1) is 12.0. The molecule has 2 aliphatic rings. The summed E-state index contributed by atoms with van der Waals surface area (Å²) in [5.41, 5.74) is 0. The number of carbonyl (C=O) groups is 1. The molecule has 1 saturated carbocycles. The van der Waals surface area contributed by atoms with Crippen LogP contribution in [0.1, 0.15) is 63.5 Å². The maximum absolute atomic E-state index is 12.5. The Hall–Kier alpha value is -1.30. The van der Waals surface area contributed by atoms with Gasteiger partial charge in [0.25, 0.3) is 0 Å². The molecule has 0 aromatic carbocycles. The Morgan fingerprint density at radius 1 is 1.12 bits per heavy atom. The molecule has 6 heteroatoms. The lowest BCUT2D eigenvalue weighted by molar-refractivity contribution is -0.132. The summed E-state index contributed by atoms with van der Waals surface area (Å²) in [6.45, 7) is 1.12. The highest BCUT2D eigenvalue weighted by Crippen LogP contribution is 2.28. The van der Waals surface area contributed by atoms with E-state index in [9.17, 15) is 13.2 Å². The Balaban J connectivity index is 1.43. The smallest absolute Gasteiger partial charge is 0.222 e. The molecule has 0 radical (unpaired) electrons. The second-order valence-electron chi connectivity index (χ2n) is 7.51. The highest BCUT2D eigenvalue weighted by molar-refractivity contribution is 7.91. The largest absolute Gasteiger partial charge is 0.468 e. The molecule has 0 spiro atoms. The average molecular weight is 368 g/mol. The number of carbonyl (C=O) groups excluding carboxylic acids is 1. The third kappa shape index (κ3) is 5.09. The van der Waals surface area contributed by atoms with E-state index in [0.717, 1.165) is 6.42 Å². The van der Waals surface area contributed by atoms with Crippen LogP contribution in [-0.4, -0.2) is 37.6 Å². The molecule has 2 heterocycles. The van der Waals surface area contributed by atoms with Crippen molar-refractivity contribution in [1.29, 1.82) is 0 Å². The van der Waals surface area contributed by atoms with E-state index in [2.05, 4.69) is 0 Å². The topological polar surface area (TPSA) is 67.6 Å². The lowest BCUT2D eigenvalue weighted by Gasteiger charge is -2.32. The van der Waals surface area contributed by atoms with Crippen molar-refractivity contribution in [2.75, 3.05) is 13.1 Å². The van der Waals surface area contributed by atoms with Gasteiger partial charge in [0.05, 0.1) is 11.5 Å². The van der Waals surface area contributed by atoms with Crippen LogP contribution in [0, 0.1) is 5.92 Å². The number of piperidine rings is 1. The van der Waals surface area contributed by atoms with E-state index in [1.807, 2.05) is 4.90 Å². The van der Waals surface area contributed by atoms with Gasteiger partial charge in [-0.1, -0.05) is 32.1 Å². The summed E-state index contributed by atoms with van der Waals surface area (Å²) >= 11 is 0. The summed E-state index contributed by atoms with van der Waals surface area (Å²) < 4.78 is 30.2. The number of hydrogen-bond acceptors (Lipinski definition) is 4. The normalized spacial score (nSPS) is 20.7. The van der Waals surface area contributed by atoms with Crippen molar-refractivity contribution in [2.24, 2.45) is 5.92 Å². The fraction of sp³-hybridized carbons (Fsp3) is 0.737. The van der Waals surface area contributed by atoms with Gasteiger partial charge < -0.3 is 9.32 Å². The highest BCUT2D eigenvalue weighted by atomic mass is 32.2. The SMILES string of the molecule is O=C(CCC1CCCCC1)N1CCC(S(=O)(=O)Cc2ccco2)CC1. The van der Waals surface area contributed by atoms with Crippen molar-refractivity contribution in [3.8, 4) is 0 Å². The molecule has 1 aromatic heterocycles. The molecule has 0 unspecified atom stereocenters. The molecule has 1 aromatic rings. The summed E-state index contributed by atoms with van der Waals surface area (Å²) in [5, 5.41) is -0.361. The van der Waals surface area contributed by atoms with E-state index >= 15 is 0 Å². The van der Waals surface area contributed by atoms with Crippen LogP contribution in [0.5, 0.6) is 0 Å². The van der Waals surface area contributed by atoms with Gasteiger partial charge in [-0.3, -0.25) is 4.79 Å². The van der Waals surface area contributed by atoms with Gasteiger partial charge in [0.15, 0.2) is 9.84 Å². The average Bonchev–Trinajstić information content (AvgIpc) is 3.13. The molecular formula is C19H29NO4S. The van der Waals surface area contributed by atoms with Crippen molar-refractivity contribution >= 4 is 15.7 Å². The van der Waals surface area contributed by atoms with E-state index in [4.69, 9.17) is 4.42 Å². The van der Waals surface area contributed by atoms with E-state index in [-0.39, 0.29) is 16.9 Å². The zero-order chi connectivity index (χ0) is 17.7. The molecule has 0 N–H and O–H groups in total. The van der Waals surface area contributed by atoms with E-state index in [1.54, 1.807) is 12.1 Å². The Morgan fingerprint density at radius 3 is 2.48 bits per heavy atom. The molecule has 25 heavy (non-hydrogen) atoms. The third-order valence-electron chi connectivity index (χ3n) is 5.72. The monoisotopic (exact) mass is 367 g/mol. The zero-order valence-electron chi connectivity index (χ0n) is 14.9. The fourth-order valence-electron chi connectivity index (χ4n) is 4.14. The number of sulfone groups is 1. The Morgan fingerprint density at radius 2 is 1.84 bits per heavy atom. The summed E-state index contributed by atoms with van der Waals surface area (Å²) in [6.07, 6.45) is 10.7. The number of amides is 1. The molecule has 0 atom stereocenters. The maximum Gasteiger partial charge on any atom is 0.222 e. The minimum Gasteiger partial charge on any atom is -0.468 e. The number of rotatable bonds is 6. The van der Waals surface area contributed by atoms with Crippen LogP contribution in [0.4, 0.5) is 0 Å². The predicted molar refractivity (Wildman–Crippen MR) is 96.7 cm³/mol. The number of furan rings is 1. The first-order valence-corrected chi connectivity index (χ1v) is 11.3. The predicted octanol–water partition coefficient (Wildman–Crippen LogP) is 3.55. The van der Waals surface area contributed by atoms with Gasteiger partial charge in [-0.15, -0.1) is 0 Å². The van der Waals surface area contributed by atoms with Crippen molar-refractivity contribution in [3.05, 3.63) is 24.2 Å². The molecule has 2 fully saturated rings. The van der Waals surface area contributed by atoms with Crippen LogP contribution in [0.15, 0.2) is 22.8 Å². The maximum atomic E-state index is 12.5. The molecule has 1 amide bonds. The van der Waals surface area contributed by atoms with E-state index in [1.165, 1.54) is 38.4 Å². The van der Waals surface area contributed by atoms with Crippen LogP contribution >= 0.6 is 0 Å². The van der Waals surface area contributed by atoms with Gasteiger partial charge >= 0.3 is 0 Å². The molecule has 1 aliphatic heterocycles. The third-order valence-corrected chi connectivity index (χ3v) is 7.89. The summed E-state index contributed by atoms with van der Waals surface area (Å²) in [5.74, 6) is 1.36. The van der Waals surface area contributed by atoms with Gasteiger partial charge in [0, 0.05) is 19.5 Å². The summed E-state index contributed by atoms with van der Waals surface area (Å²) in [7, 11) is -3.22. The minimum absolute atomic E-state index is 0.0414. The second-order valence-corrected chi connectivity index (χ2v) is 9.79. The molecule has 3 rings (SSSR count). The van der Waals surface area contributed by atoms with Gasteiger partial charge in [-0.25, -0.2) is 8.42 Å². The number of hydrogen-bond donors (Lipinski definition) is 0. The van der Waals surface area contributed by atoms with Crippen molar-refractivity contribution < 1.29 is 17.6 Å². The standard InChI is InChI=1S/C19H29NO4S/c21-19(9-8-16-5-2-1-3-6-16)20-12-10-18(11-13-20)25(22,23)15-17-7-4-14-24-17/h4,7,14,16,18H,1-3,5-6,8-13,15H2. The number of likely N-dealkylation sites (tertiary alicyclic amines) is 1. The van der Waals surface area contributed by atoms with Crippen molar-refractivity contribution in [3.63, 3.8) is 0 Å². The Bertz CT molecular complexity index is 639. The first-order valence-electron chi connectivity index (χ1n) is 9.56. The molecule has 140 valence electrons. The van der Waals surface area contributed by atoms with Crippen molar-refractivity contribution in [2.45, 2.75) is 68.8 Å². The number of nitrogens with zero attached hydrogens (tertiary/aromatic N) is 1. The van der Waals surface area contributed by atoms with Crippen LogP contribution in [-0.2, 0) is 20.4 Å². The van der Waals surface area contributed by atoms with Crippen LogP contribution in [0.3, 0.4) is 0 Å². The van der Waals surface area contributed by atoms with Crippen LogP contribution in [0.25, 0.3) is 0 Å². The molecule has 1 saturated heterocycles. The highest BCUT2D eigenvalue weighted by Gasteiger charge is 2.32. The first kappa shape index (κ1) is 18.5. The molecule has 5 nitrogen and oxygen atoms in total. The molecule has 0 bridgehead atoms.